The van der Waals surface area contributed by atoms with Crippen molar-refractivity contribution >= 4 is 22.4 Å². The Morgan fingerprint density at radius 3 is 2.89 bits per heavy atom. The zero-order valence-electron chi connectivity index (χ0n) is 15.2. The van der Waals surface area contributed by atoms with Gasteiger partial charge in [-0.25, -0.2) is 9.37 Å². The summed E-state index contributed by atoms with van der Waals surface area (Å²) in [4.78, 5) is 27.4. The fourth-order valence-electron chi connectivity index (χ4n) is 3.58. The van der Waals surface area contributed by atoms with Crippen LogP contribution >= 0.6 is 11.3 Å². The van der Waals surface area contributed by atoms with Crippen LogP contribution in [-0.4, -0.2) is 45.4 Å². The molecule has 1 fully saturated rings. The average molecular weight is 397 g/mol. The summed E-state index contributed by atoms with van der Waals surface area (Å²) in [7, 11) is 0. The molecule has 1 aliphatic heterocycles. The molecule has 0 radical (unpaired) electrons. The standard InChI is InChI=1S/C20H20FN5OS/c21-16-6-2-1-5-15(16)19-18(22-7-8-23-19)14-4-3-10-26(12-14)13-17(27)25-20-24-9-11-28-20/h1-2,5-9,11,14H,3-4,10,12-13H2,(H,24,25,27)/t14-/m0/s1. The molecule has 2 aromatic heterocycles. The normalized spacial score (nSPS) is 17.4. The van der Waals surface area contributed by atoms with Crippen LogP contribution in [0.3, 0.4) is 0 Å². The maximum Gasteiger partial charge on any atom is 0.240 e. The van der Waals surface area contributed by atoms with E-state index in [1.54, 1.807) is 36.8 Å². The fraction of sp³-hybridized carbons (Fsp3) is 0.300. The van der Waals surface area contributed by atoms with Gasteiger partial charge in [-0.1, -0.05) is 12.1 Å². The summed E-state index contributed by atoms with van der Waals surface area (Å²) >= 11 is 1.40. The number of hydrogen-bond donors (Lipinski definition) is 1. The van der Waals surface area contributed by atoms with Gasteiger partial charge >= 0.3 is 0 Å². The van der Waals surface area contributed by atoms with E-state index in [1.165, 1.54) is 17.4 Å². The van der Waals surface area contributed by atoms with Crippen LogP contribution in [0.1, 0.15) is 24.5 Å². The summed E-state index contributed by atoms with van der Waals surface area (Å²) in [5.41, 5.74) is 1.83. The number of hydrogen-bond acceptors (Lipinski definition) is 6. The number of aromatic nitrogens is 3. The first-order valence-corrected chi connectivity index (χ1v) is 10.1. The number of amides is 1. The van der Waals surface area contributed by atoms with Crippen LogP contribution < -0.4 is 5.32 Å². The van der Waals surface area contributed by atoms with E-state index in [4.69, 9.17) is 0 Å². The lowest BCUT2D eigenvalue weighted by Crippen LogP contribution is -2.40. The van der Waals surface area contributed by atoms with Crippen molar-refractivity contribution in [1.29, 1.82) is 0 Å². The van der Waals surface area contributed by atoms with E-state index in [1.807, 2.05) is 5.38 Å². The molecule has 3 aromatic rings. The Morgan fingerprint density at radius 2 is 2.07 bits per heavy atom. The van der Waals surface area contributed by atoms with Gasteiger partial charge in [0.05, 0.1) is 17.9 Å². The lowest BCUT2D eigenvalue weighted by molar-refractivity contribution is -0.117. The van der Waals surface area contributed by atoms with Gasteiger partial charge < -0.3 is 5.32 Å². The van der Waals surface area contributed by atoms with Gasteiger partial charge in [-0.05, 0) is 31.5 Å². The van der Waals surface area contributed by atoms with Gasteiger partial charge in [0.15, 0.2) is 5.13 Å². The second-order valence-electron chi connectivity index (χ2n) is 6.73. The summed E-state index contributed by atoms with van der Waals surface area (Å²) in [6, 6.07) is 6.63. The Balaban J connectivity index is 1.49. The number of carbonyl (C=O) groups excluding carboxylic acids is 1. The minimum atomic E-state index is -0.306. The summed E-state index contributed by atoms with van der Waals surface area (Å²) < 4.78 is 14.3. The Labute approximate surface area is 166 Å². The molecule has 0 aliphatic carbocycles. The van der Waals surface area contributed by atoms with E-state index in [2.05, 4.69) is 25.2 Å². The van der Waals surface area contributed by atoms with Crippen molar-refractivity contribution in [2.24, 2.45) is 0 Å². The van der Waals surface area contributed by atoms with Crippen molar-refractivity contribution in [3.8, 4) is 11.3 Å². The van der Waals surface area contributed by atoms with Crippen molar-refractivity contribution in [3.63, 3.8) is 0 Å². The van der Waals surface area contributed by atoms with Gasteiger partial charge in [0.1, 0.15) is 5.82 Å². The van der Waals surface area contributed by atoms with Gasteiger partial charge in [0, 0.05) is 42.0 Å². The molecule has 1 N–H and O–H groups in total. The average Bonchev–Trinajstić information content (AvgIpc) is 3.21. The van der Waals surface area contributed by atoms with Crippen molar-refractivity contribution in [2.45, 2.75) is 18.8 Å². The highest BCUT2D eigenvalue weighted by atomic mass is 32.1. The largest absolute Gasteiger partial charge is 0.301 e. The van der Waals surface area contributed by atoms with Crippen LogP contribution in [0.15, 0.2) is 48.2 Å². The molecule has 1 aromatic carbocycles. The number of thiazole rings is 1. The summed E-state index contributed by atoms with van der Waals surface area (Å²) in [6.07, 6.45) is 6.78. The van der Waals surface area contributed by atoms with Crippen LogP contribution in [0.5, 0.6) is 0 Å². The maximum atomic E-state index is 14.3. The highest BCUT2D eigenvalue weighted by Gasteiger charge is 2.27. The molecule has 0 bridgehead atoms. The molecule has 1 saturated heterocycles. The zero-order valence-corrected chi connectivity index (χ0v) is 16.0. The molecule has 144 valence electrons. The molecule has 0 saturated carbocycles. The van der Waals surface area contributed by atoms with Crippen LogP contribution in [0, 0.1) is 5.82 Å². The van der Waals surface area contributed by atoms with E-state index in [0.29, 0.717) is 29.5 Å². The molecule has 1 amide bonds. The van der Waals surface area contributed by atoms with Gasteiger partial charge in [-0.3, -0.25) is 19.7 Å². The van der Waals surface area contributed by atoms with Crippen LogP contribution in [0.4, 0.5) is 9.52 Å². The lowest BCUT2D eigenvalue weighted by Gasteiger charge is -2.32. The van der Waals surface area contributed by atoms with E-state index < -0.39 is 0 Å². The quantitative estimate of drug-likeness (QED) is 0.713. The van der Waals surface area contributed by atoms with Crippen LogP contribution in [0.25, 0.3) is 11.3 Å². The molecule has 1 atom stereocenters. The minimum absolute atomic E-state index is 0.0796. The molecular formula is C20H20FN5OS. The highest BCUT2D eigenvalue weighted by molar-refractivity contribution is 7.13. The van der Waals surface area contributed by atoms with Crippen molar-refractivity contribution in [2.75, 3.05) is 25.0 Å². The molecule has 4 rings (SSSR count). The van der Waals surface area contributed by atoms with E-state index in [9.17, 15) is 9.18 Å². The number of likely N-dealkylation sites (tertiary alicyclic amines) is 1. The van der Waals surface area contributed by atoms with Gasteiger partial charge in [0.25, 0.3) is 0 Å². The Hall–Kier alpha value is -2.71. The number of carbonyl (C=O) groups is 1. The smallest absolute Gasteiger partial charge is 0.240 e. The third kappa shape index (κ3) is 4.23. The molecule has 1 aliphatic rings. The Morgan fingerprint density at radius 1 is 1.21 bits per heavy atom. The third-order valence-corrected chi connectivity index (χ3v) is 5.48. The van der Waals surface area contributed by atoms with Crippen molar-refractivity contribution in [1.82, 2.24) is 19.9 Å². The summed E-state index contributed by atoms with van der Waals surface area (Å²) in [5.74, 6) is -0.284. The van der Waals surface area contributed by atoms with E-state index in [0.717, 1.165) is 25.1 Å². The number of rotatable bonds is 5. The van der Waals surface area contributed by atoms with Crippen molar-refractivity contribution < 1.29 is 9.18 Å². The number of piperidine rings is 1. The summed E-state index contributed by atoms with van der Waals surface area (Å²) in [5, 5.41) is 5.25. The number of nitrogens with zero attached hydrogens (tertiary/aromatic N) is 4. The fourth-order valence-corrected chi connectivity index (χ4v) is 4.12. The van der Waals surface area contributed by atoms with Gasteiger partial charge in [0.2, 0.25) is 5.91 Å². The number of nitrogens with one attached hydrogen (secondary N) is 1. The van der Waals surface area contributed by atoms with Crippen LogP contribution in [-0.2, 0) is 4.79 Å². The molecule has 28 heavy (non-hydrogen) atoms. The van der Waals surface area contributed by atoms with Gasteiger partial charge in [-0.15, -0.1) is 11.3 Å². The first kappa shape index (κ1) is 18.6. The summed E-state index contributed by atoms with van der Waals surface area (Å²) in [6.45, 7) is 1.83. The molecule has 0 spiro atoms. The molecule has 0 unspecified atom stereocenters. The van der Waals surface area contributed by atoms with Crippen molar-refractivity contribution in [3.05, 3.63) is 59.7 Å². The van der Waals surface area contributed by atoms with Crippen LogP contribution in [0.2, 0.25) is 0 Å². The minimum Gasteiger partial charge on any atom is -0.301 e. The SMILES string of the molecule is O=C(CN1CCC[C@H](c2nccnc2-c2ccccc2F)C1)Nc1nccs1. The number of anilines is 1. The second-order valence-corrected chi connectivity index (χ2v) is 7.62. The predicted octanol–water partition coefficient (Wildman–Crippen LogP) is 3.56. The molecule has 8 heteroatoms. The zero-order chi connectivity index (χ0) is 19.3. The highest BCUT2D eigenvalue weighted by Crippen LogP contribution is 2.32. The van der Waals surface area contributed by atoms with E-state index in [-0.39, 0.29) is 17.6 Å². The first-order valence-electron chi connectivity index (χ1n) is 9.18. The maximum absolute atomic E-state index is 14.3. The molecule has 6 nitrogen and oxygen atoms in total. The monoisotopic (exact) mass is 397 g/mol. The Bertz CT molecular complexity index is 949. The topological polar surface area (TPSA) is 71.0 Å². The first-order chi connectivity index (χ1) is 13.7. The van der Waals surface area contributed by atoms with Gasteiger partial charge in [-0.2, -0.15) is 0 Å². The number of halogens is 1. The molecular weight excluding hydrogens is 377 g/mol. The lowest BCUT2D eigenvalue weighted by atomic mass is 9.91. The van der Waals surface area contributed by atoms with E-state index >= 15 is 0 Å². The second kappa shape index (κ2) is 8.53. The number of benzene rings is 1. The predicted molar refractivity (Wildman–Crippen MR) is 107 cm³/mol. The molecule has 3 heterocycles. The Kier molecular flexibility index (Phi) is 5.68. The third-order valence-electron chi connectivity index (χ3n) is 4.79.